The lowest BCUT2D eigenvalue weighted by molar-refractivity contribution is -0.119. The largest absolute Gasteiger partial charge is 0.450 e. The number of nitrogens with one attached hydrogen (secondary N) is 1. The summed E-state index contributed by atoms with van der Waals surface area (Å²) in [5.74, 6) is -0.697. The summed E-state index contributed by atoms with van der Waals surface area (Å²) in [5, 5.41) is 6.90. The van der Waals surface area contributed by atoms with E-state index in [0.717, 1.165) is 29.1 Å². The number of rotatable bonds is 6. The van der Waals surface area contributed by atoms with Gasteiger partial charge in [0.05, 0.1) is 0 Å². The first-order valence-corrected chi connectivity index (χ1v) is 9.16. The van der Waals surface area contributed by atoms with Gasteiger partial charge in [-0.15, -0.1) is 5.10 Å². The van der Waals surface area contributed by atoms with Crippen LogP contribution in [0.2, 0.25) is 0 Å². The first kappa shape index (κ1) is 19.5. The molecule has 8 nitrogen and oxygen atoms in total. The highest BCUT2D eigenvalue weighted by molar-refractivity contribution is 5.95. The quantitative estimate of drug-likeness (QED) is 0.659. The Bertz CT molecular complexity index is 1030. The molecule has 1 N–H and O–H groups in total. The molecular weight excluding hydrogens is 358 g/mol. The first-order valence-electron chi connectivity index (χ1n) is 9.16. The van der Waals surface area contributed by atoms with Crippen LogP contribution in [-0.4, -0.2) is 38.1 Å². The van der Waals surface area contributed by atoms with E-state index in [0.29, 0.717) is 11.7 Å². The van der Waals surface area contributed by atoms with Gasteiger partial charge < -0.3 is 10.1 Å². The summed E-state index contributed by atoms with van der Waals surface area (Å²) < 4.78 is 6.54. The molecule has 1 amide bonds. The summed E-state index contributed by atoms with van der Waals surface area (Å²) >= 11 is 0. The molecule has 3 aromatic rings. The topological polar surface area (TPSA) is 98.5 Å². The van der Waals surface area contributed by atoms with Gasteiger partial charge in [0.2, 0.25) is 0 Å². The van der Waals surface area contributed by atoms with Crippen LogP contribution in [0.3, 0.4) is 0 Å². The Morgan fingerprint density at radius 3 is 2.71 bits per heavy atom. The minimum Gasteiger partial charge on any atom is -0.450 e. The van der Waals surface area contributed by atoms with Crippen molar-refractivity contribution in [1.29, 1.82) is 0 Å². The van der Waals surface area contributed by atoms with E-state index in [1.54, 1.807) is 0 Å². The van der Waals surface area contributed by atoms with Gasteiger partial charge in [-0.3, -0.25) is 4.79 Å². The number of esters is 1. The number of anilines is 1. The van der Waals surface area contributed by atoms with Gasteiger partial charge in [0, 0.05) is 17.1 Å². The summed E-state index contributed by atoms with van der Waals surface area (Å²) in [6.07, 6.45) is 0.953. The molecule has 0 aliphatic rings. The second-order valence-corrected chi connectivity index (χ2v) is 6.71. The third-order valence-corrected chi connectivity index (χ3v) is 4.51. The molecule has 0 spiro atoms. The molecule has 0 saturated heterocycles. The van der Waals surface area contributed by atoms with Crippen molar-refractivity contribution in [1.82, 2.24) is 19.6 Å². The van der Waals surface area contributed by atoms with Gasteiger partial charge in [-0.1, -0.05) is 32.0 Å². The maximum atomic E-state index is 12.2. The molecule has 0 aliphatic heterocycles. The summed E-state index contributed by atoms with van der Waals surface area (Å²) in [7, 11) is 0. The lowest BCUT2D eigenvalue weighted by Gasteiger charge is -2.15. The SMILES string of the molecule is CC[C@@H](C)c1ccccc1NC(=O)COC(=O)c1nc2nc(C)cc(C)n2n1. The normalized spacial score (nSPS) is 12.0. The molecule has 1 aromatic carbocycles. The van der Waals surface area contributed by atoms with Crippen LogP contribution in [0.25, 0.3) is 5.78 Å². The monoisotopic (exact) mass is 381 g/mol. The maximum absolute atomic E-state index is 12.2. The van der Waals surface area contributed by atoms with E-state index in [4.69, 9.17) is 4.74 Å². The van der Waals surface area contributed by atoms with Gasteiger partial charge in [-0.2, -0.15) is 4.98 Å². The van der Waals surface area contributed by atoms with Gasteiger partial charge in [0.15, 0.2) is 6.61 Å². The zero-order chi connectivity index (χ0) is 20.3. The van der Waals surface area contributed by atoms with Crippen LogP contribution in [0.1, 0.15) is 53.8 Å². The molecule has 0 bridgehead atoms. The lowest BCUT2D eigenvalue weighted by atomic mass is 9.97. The molecule has 8 heteroatoms. The number of aromatic nitrogens is 4. The van der Waals surface area contributed by atoms with Gasteiger partial charge in [-0.25, -0.2) is 14.3 Å². The number of amides is 1. The highest BCUT2D eigenvalue weighted by atomic mass is 16.5. The number of hydrogen-bond donors (Lipinski definition) is 1. The van der Waals surface area contributed by atoms with Gasteiger partial charge >= 0.3 is 5.97 Å². The van der Waals surface area contributed by atoms with Crippen LogP contribution in [0, 0.1) is 13.8 Å². The number of aryl methyl sites for hydroxylation is 2. The second kappa shape index (κ2) is 8.16. The van der Waals surface area contributed by atoms with Crippen LogP contribution in [-0.2, 0) is 9.53 Å². The molecule has 1 atom stereocenters. The maximum Gasteiger partial charge on any atom is 0.378 e. The highest BCUT2D eigenvalue weighted by Gasteiger charge is 2.18. The molecule has 0 saturated carbocycles. The van der Waals surface area contributed by atoms with Crippen molar-refractivity contribution in [2.75, 3.05) is 11.9 Å². The average Bonchev–Trinajstić information content (AvgIpc) is 3.10. The number of benzene rings is 1. The van der Waals surface area contributed by atoms with Crippen molar-refractivity contribution in [3.63, 3.8) is 0 Å². The van der Waals surface area contributed by atoms with E-state index in [1.807, 2.05) is 44.2 Å². The zero-order valence-electron chi connectivity index (χ0n) is 16.4. The molecule has 0 fully saturated rings. The van der Waals surface area contributed by atoms with Gasteiger partial charge in [0.25, 0.3) is 17.5 Å². The van der Waals surface area contributed by atoms with Crippen LogP contribution >= 0.6 is 0 Å². The molecular formula is C20H23N5O3. The van der Waals surface area contributed by atoms with Crippen molar-refractivity contribution in [3.05, 3.63) is 53.1 Å². The Hall–Kier alpha value is -3.29. The molecule has 2 heterocycles. The Labute approximate surface area is 163 Å². The standard InChI is InChI=1S/C20H23N5O3/c1-5-12(2)15-8-6-7-9-16(15)22-17(26)11-28-19(27)18-23-20-21-13(3)10-14(4)25(20)24-18/h6-10,12H,5,11H2,1-4H3,(H,22,26)/t12-/m1/s1. The number of hydrogen-bond acceptors (Lipinski definition) is 6. The minimum atomic E-state index is -0.770. The number of para-hydroxylation sites is 1. The number of carbonyl (C=O) groups excluding carboxylic acids is 2. The Kier molecular flexibility index (Phi) is 5.67. The molecule has 0 unspecified atom stereocenters. The molecule has 0 aliphatic carbocycles. The Morgan fingerprint density at radius 2 is 1.96 bits per heavy atom. The third-order valence-electron chi connectivity index (χ3n) is 4.51. The molecule has 28 heavy (non-hydrogen) atoms. The van der Waals surface area contributed by atoms with Crippen LogP contribution in [0.15, 0.2) is 30.3 Å². The minimum absolute atomic E-state index is 0.131. The summed E-state index contributed by atoms with van der Waals surface area (Å²) in [6, 6.07) is 9.43. The average molecular weight is 381 g/mol. The fraction of sp³-hybridized carbons (Fsp3) is 0.350. The zero-order valence-corrected chi connectivity index (χ0v) is 16.4. The smallest absolute Gasteiger partial charge is 0.378 e. The van der Waals surface area contributed by atoms with Gasteiger partial charge in [0.1, 0.15) is 0 Å². The van der Waals surface area contributed by atoms with Crippen molar-refractivity contribution in [2.45, 2.75) is 40.0 Å². The van der Waals surface area contributed by atoms with Crippen molar-refractivity contribution in [2.24, 2.45) is 0 Å². The number of ether oxygens (including phenoxy) is 1. The Balaban J connectivity index is 1.65. The fourth-order valence-electron chi connectivity index (χ4n) is 2.90. The molecule has 0 radical (unpaired) electrons. The summed E-state index contributed by atoms with van der Waals surface area (Å²) in [4.78, 5) is 32.8. The lowest BCUT2D eigenvalue weighted by Crippen LogP contribution is -2.22. The van der Waals surface area contributed by atoms with Crippen LogP contribution < -0.4 is 5.32 Å². The van der Waals surface area contributed by atoms with E-state index < -0.39 is 18.5 Å². The summed E-state index contributed by atoms with van der Waals surface area (Å²) in [6.45, 7) is 7.44. The van der Waals surface area contributed by atoms with Crippen molar-refractivity contribution < 1.29 is 14.3 Å². The van der Waals surface area contributed by atoms with Crippen molar-refractivity contribution >= 4 is 23.3 Å². The van der Waals surface area contributed by atoms with Gasteiger partial charge in [-0.05, 0) is 43.9 Å². The van der Waals surface area contributed by atoms with E-state index in [1.165, 1.54) is 4.52 Å². The Morgan fingerprint density at radius 1 is 1.21 bits per heavy atom. The van der Waals surface area contributed by atoms with E-state index in [2.05, 4.69) is 34.2 Å². The molecule has 146 valence electrons. The van der Waals surface area contributed by atoms with E-state index in [-0.39, 0.29) is 5.82 Å². The van der Waals surface area contributed by atoms with Crippen LogP contribution in [0.5, 0.6) is 0 Å². The van der Waals surface area contributed by atoms with E-state index >= 15 is 0 Å². The fourth-order valence-corrected chi connectivity index (χ4v) is 2.90. The predicted octanol–water partition coefficient (Wildman–Crippen LogP) is 3.05. The number of carbonyl (C=O) groups is 2. The third kappa shape index (κ3) is 4.16. The predicted molar refractivity (Wildman–Crippen MR) is 104 cm³/mol. The van der Waals surface area contributed by atoms with Crippen molar-refractivity contribution in [3.8, 4) is 0 Å². The highest BCUT2D eigenvalue weighted by Crippen LogP contribution is 2.26. The number of fused-ring (bicyclic) bond motifs is 1. The summed E-state index contributed by atoms with van der Waals surface area (Å²) in [5.41, 5.74) is 3.34. The molecule has 2 aromatic heterocycles. The first-order chi connectivity index (χ1) is 13.4. The number of nitrogens with zero attached hydrogens (tertiary/aromatic N) is 4. The van der Waals surface area contributed by atoms with E-state index in [9.17, 15) is 9.59 Å². The van der Waals surface area contributed by atoms with Crippen LogP contribution in [0.4, 0.5) is 5.69 Å². The molecule has 3 rings (SSSR count). The second-order valence-electron chi connectivity index (χ2n) is 6.71.